The Hall–Kier alpha value is -4.20. The van der Waals surface area contributed by atoms with Crippen LogP contribution >= 0.6 is 0 Å². The molecule has 2 amide bonds. The van der Waals surface area contributed by atoms with Crippen molar-refractivity contribution in [3.8, 4) is 0 Å². The first-order chi connectivity index (χ1) is 16.4. The van der Waals surface area contributed by atoms with Crippen molar-refractivity contribution in [2.75, 3.05) is 6.54 Å². The number of hydrogen-bond acceptors (Lipinski definition) is 4. The summed E-state index contributed by atoms with van der Waals surface area (Å²) in [5.41, 5.74) is 1.07. The fraction of sp³-hybridized carbons (Fsp3) is 0.231. The van der Waals surface area contributed by atoms with E-state index in [2.05, 4.69) is 10.6 Å². The Balaban J connectivity index is 1.89. The maximum atomic E-state index is 13.4. The van der Waals surface area contributed by atoms with Gasteiger partial charge >= 0.3 is 5.97 Å². The van der Waals surface area contributed by atoms with E-state index < -0.39 is 29.5 Å². The van der Waals surface area contributed by atoms with Gasteiger partial charge in [0.1, 0.15) is 11.6 Å². The predicted molar refractivity (Wildman–Crippen MR) is 128 cm³/mol. The maximum Gasteiger partial charge on any atom is 0.326 e. The minimum absolute atomic E-state index is 0.110. The molecule has 0 saturated heterocycles. The van der Waals surface area contributed by atoms with Gasteiger partial charge < -0.3 is 20.3 Å². The van der Waals surface area contributed by atoms with E-state index in [1.807, 2.05) is 60.7 Å². The number of aromatic nitrogens is 1. The third kappa shape index (κ3) is 6.19. The minimum atomic E-state index is -1.21. The average molecular weight is 462 g/mol. The van der Waals surface area contributed by atoms with E-state index >= 15 is 0 Å². The largest absolute Gasteiger partial charge is 0.480 e. The van der Waals surface area contributed by atoms with Gasteiger partial charge in [-0.25, -0.2) is 4.79 Å². The lowest BCUT2D eigenvalue weighted by molar-refractivity contribution is -0.139. The molecule has 176 valence electrons. The van der Waals surface area contributed by atoms with Crippen LogP contribution in [0.2, 0.25) is 0 Å². The van der Waals surface area contributed by atoms with Gasteiger partial charge in [0, 0.05) is 19.7 Å². The summed E-state index contributed by atoms with van der Waals surface area (Å²) in [7, 11) is 0. The smallest absolute Gasteiger partial charge is 0.326 e. The molecule has 8 nitrogen and oxygen atoms in total. The number of nitrogens with zero attached hydrogens (tertiary/aromatic N) is 1. The molecule has 0 unspecified atom stereocenters. The van der Waals surface area contributed by atoms with Gasteiger partial charge in [-0.3, -0.25) is 14.4 Å². The highest BCUT2D eigenvalue weighted by Gasteiger charge is 2.24. The summed E-state index contributed by atoms with van der Waals surface area (Å²) >= 11 is 0. The van der Waals surface area contributed by atoms with Crippen molar-refractivity contribution in [2.24, 2.45) is 0 Å². The molecule has 1 aromatic heterocycles. The van der Waals surface area contributed by atoms with Gasteiger partial charge in [-0.05, 0) is 36.1 Å². The molecule has 0 aliphatic rings. The highest BCUT2D eigenvalue weighted by Crippen LogP contribution is 2.25. The summed E-state index contributed by atoms with van der Waals surface area (Å²) in [4.78, 5) is 48.9. The predicted octanol–water partition coefficient (Wildman–Crippen LogP) is 2.59. The zero-order valence-corrected chi connectivity index (χ0v) is 18.8. The topological polar surface area (TPSA) is 118 Å². The third-order valence-corrected chi connectivity index (χ3v) is 5.37. The highest BCUT2D eigenvalue weighted by molar-refractivity contribution is 5.96. The molecule has 0 spiro atoms. The Bertz CT molecular complexity index is 1150. The molecule has 0 aliphatic heterocycles. The second kappa shape index (κ2) is 11.6. The van der Waals surface area contributed by atoms with Crippen LogP contribution in [0.5, 0.6) is 0 Å². The van der Waals surface area contributed by atoms with Crippen molar-refractivity contribution < 1.29 is 19.5 Å². The molecule has 0 bridgehead atoms. The molecule has 3 N–H and O–H groups in total. The third-order valence-electron chi connectivity index (χ3n) is 5.37. The van der Waals surface area contributed by atoms with E-state index in [1.165, 1.54) is 17.6 Å². The monoisotopic (exact) mass is 461 g/mol. The Kier molecular flexibility index (Phi) is 8.34. The summed E-state index contributed by atoms with van der Waals surface area (Å²) in [5.74, 6) is -2.18. The zero-order chi connectivity index (χ0) is 24.5. The second-order valence-electron chi connectivity index (χ2n) is 7.85. The highest BCUT2D eigenvalue weighted by atomic mass is 16.4. The number of carbonyl (C=O) groups excluding carboxylic acids is 2. The van der Waals surface area contributed by atoms with Gasteiger partial charge in [-0.15, -0.1) is 0 Å². The summed E-state index contributed by atoms with van der Waals surface area (Å²) in [6.45, 7) is 1.66. The van der Waals surface area contributed by atoms with Gasteiger partial charge in [0.05, 0.1) is 6.04 Å². The standard InChI is InChI=1S/C26H27N3O5/c1-18(30)27-16-8-15-22(26(33)34)28-24(31)21-14-9-17-29(25(21)32)23(19-10-4-2-5-11-19)20-12-6-3-7-13-20/h2-7,9-14,17,22-23H,8,15-16H2,1H3,(H,27,30)(H,28,31)(H,33,34)/t22-/m0/s1. The van der Waals surface area contributed by atoms with Crippen LogP contribution in [-0.4, -0.2) is 40.0 Å². The fourth-order valence-corrected chi connectivity index (χ4v) is 3.73. The Labute approximate surface area is 197 Å². The first-order valence-electron chi connectivity index (χ1n) is 11.0. The summed E-state index contributed by atoms with van der Waals surface area (Å²) in [6, 6.07) is 20.3. The van der Waals surface area contributed by atoms with Gasteiger partial charge in [0.25, 0.3) is 11.5 Å². The quantitative estimate of drug-likeness (QED) is 0.401. The molecule has 2 aromatic carbocycles. The molecule has 0 saturated carbocycles. The molecule has 0 aliphatic carbocycles. The maximum absolute atomic E-state index is 13.4. The lowest BCUT2D eigenvalue weighted by Gasteiger charge is -2.22. The second-order valence-corrected chi connectivity index (χ2v) is 7.85. The number of amides is 2. The Morgan fingerprint density at radius 2 is 1.50 bits per heavy atom. The molecule has 1 atom stereocenters. The first kappa shape index (κ1) is 24.4. The van der Waals surface area contributed by atoms with Crippen molar-refractivity contribution in [3.05, 3.63) is 106 Å². The molecule has 0 fully saturated rings. The number of rotatable bonds is 10. The molecule has 3 rings (SSSR count). The normalized spacial score (nSPS) is 11.6. The van der Waals surface area contributed by atoms with Gasteiger partial charge in [0.2, 0.25) is 5.91 Å². The number of carboxylic acid groups (broad SMARTS) is 1. The first-order valence-corrected chi connectivity index (χ1v) is 11.0. The number of nitrogens with one attached hydrogen (secondary N) is 2. The van der Waals surface area contributed by atoms with Crippen molar-refractivity contribution in [1.82, 2.24) is 15.2 Å². The van der Waals surface area contributed by atoms with Crippen LogP contribution in [0, 0.1) is 0 Å². The van der Waals surface area contributed by atoms with E-state index in [0.717, 1.165) is 11.1 Å². The molecule has 3 aromatic rings. The zero-order valence-electron chi connectivity index (χ0n) is 18.8. The van der Waals surface area contributed by atoms with Gasteiger partial charge in [-0.1, -0.05) is 60.7 Å². The van der Waals surface area contributed by atoms with Crippen LogP contribution in [0.3, 0.4) is 0 Å². The summed E-state index contributed by atoms with van der Waals surface area (Å²) in [6.07, 6.45) is 2.09. The fourth-order valence-electron chi connectivity index (χ4n) is 3.73. The van der Waals surface area contributed by atoms with Gasteiger partial charge in [0.15, 0.2) is 0 Å². The average Bonchev–Trinajstić information content (AvgIpc) is 2.83. The van der Waals surface area contributed by atoms with Crippen LogP contribution in [0.4, 0.5) is 0 Å². The number of carbonyl (C=O) groups is 3. The van der Waals surface area contributed by atoms with Crippen molar-refractivity contribution in [3.63, 3.8) is 0 Å². The lowest BCUT2D eigenvalue weighted by atomic mass is 9.98. The lowest BCUT2D eigenvalue weighted by Crippen LogP contribution is -2.43. The molecule has 1 heterocycles. The van der Waals surface area contributed by atoms with Crippen LogP contribution < -0.4 is 16.2 Å². The summed E-state index contributed by atoms with van der Waals surface area (Å²) < 4.78 is 1.48. The van der Waals surface area contributed by atoms with Crippen LogP contribution in [0.15, 0.2) is 83.8 Å². The van der Waals surface area contributed by atoms with Crippen molar-refractivity contribution in [2.45, 2.75) is 31.8 Å². The van der Waals surface area contributed by atoms with E-state index in [-0.39, 0.29) is 17.9 Å². The van der Waals surface area contributed by atoms with E-state index in [4.69, 9.17) is 0 Å². The summed E-state index contributed by atoms with van der Waals surface area (Å²) in [5, 5.41) is 14.5. The Morgan fingerprint density at radius 1 is 0.912 bits per heavy atom. The minimum Gasteiger partial charge on any atom is -0.480 e. The SMILES string of the molecule is CC(=O)NCCC[C@H](NC(=O)c1cccn(C(c2ccccc2)c2ccccc2)c1=O)C(=O)O. The number of aliphatic carboxylic acids is 1. The van der Waals surface area contributed by atoms with E-state index in [9.17, 15) is 24.3 Å². The molecule has 0 radical (unpaired) electrons. The molecule has 34 heavy (non-hydrogen) atoms. The number of carboxylic acids is 1. The molecule has 8 heteroatoms. The molecular formula is C26H27N3O5. The van der Waals surface area contributed by atoms with Crippen LogP contribution in [-0.2, 0) is 9.59 Å². The van der Waals surface area contributed by atoms with Crippen molar-refractivity contribution >= 4 is 17.8 Å². The van der Waals surface area contributed by atoms with Crippen LogP contribution in [0.25, 0.3) is 0 Å². The van der Waals surface area contributed by atoms with Gasteiger partial charge in [-0.2, -0.15) is 0 Å². The number of benzene rings is 2. The number of hydrogen-bond donors (Lipinski definition) is 3. The Morgan fingerprint density at radius 3 is 2.03 bits per heavy atom. The van der Waals surface area contributed by atoms with E-state index in [0.29, 0.717) is 13.0 Å². The van der Waals surface area contributed by atoms with E-state index in [1.54, 1.807) is 12.3 Å². The molecular weight excluding hydrogens is 434 g/mol. The van der Waals surface area contributed by atoms with Crippen LogP contribution in [0.1, 0.15) is 47.3 Å². The number of pyridine rings is 1. The van der Waals surface area contributed by atoms with Crippen molar-refractivity contribution in [1.29, 1.82) is 0 Å².